The minimum Gasteiger partial charge on any atom is -0.272 e. The molecule has 5 aromatic carbocycles. The summed E-state index contributed by atoms with van der Waals surface area (Å²) in [6.07, 6.45) is 0.327. The molecule has 0 aliphatic rings. The van der Waals surface area contributed by atoms with Gasteiger partial charge < -0.3 is 0 Å². The van der Waals surface area contributed by atoms with Gasteiger partial charge in [-0.05, 0) is 77.2 Å². The maximum atomic E-state index is 13.9. The zero-order valence-electron chi connectivity index (χ0n) is 23.7. The second-order valence-electron chi connectivity index (χ2n) is 10.4. The highest BCUT2D eigenvalue weighted by atomic mass is 35.5. The van der Waals surface area contributed by atoms with E-state index < -0.39 is 16.1 Å². The van der Waals surface area contributed by atoms with Crippen LogP contribution in [-0.2, 0) is 22.2 Å². The molecule has 0 spiro atoms. The van der Waals surface area contributed by atoms with Crippen LogP contribution in [-0.4, -0.2) is 23.2 Å². The standard InChI is InChI=1S/C34H28ClFN4O2S2/c1-23-11-15-28(35)21-32(23)40-33(37-38-34(40)43-22-25-12-16-29(36)17-13-25)31(19-24-7-3-2-4-8-24)39-44(41,42)30-18-14-26-9-5-6-10-27(26)20-30/h2-18,20-21,31,39H,19,22H2,1H3. The Bertz CT molecular complexity index is 2030. The predicted octanol–water partition coefficient (Wildman–Crippen LogP) is 8.08. The third-order valence-corrected chi connectivity index (χ3v) is 9.98. The van der Waals surface area contributed by atoms with Crippen molar-refractivity contribution in [1.82, 2.24) is 19.5 Å². The quantitative estimate of drug-likeness (QED) is 0.153. The van der Waals surface area contributed by atoms with Crippen molar-refractivity contribution in [2.24, 2.45) is 0 Å². The lowest BCUT2D eigenvalue weighted by Gasteiger charge is -2.21. The maximum Gasteiger partial charge on any atom is 0.241 e. The van der Waals surface area contributed by atoms with Crippen LogP contribution in [0.3, 0.4) is 0 Å². The highest BCUT2D eigenvalue weighted by molar-refractivity contribution is 7.98. The first-order chi connectivity index (χ1) is 21.3. The Kier molecular flexibility index (Phi) is 8.81. The maximum absolute atomic E-state index is 13.9. The molecule has 1 unspecified atom stereocenters. The van der Waals surface area contributed by atoms with Crippen molar-refractivity contribution >= 4 is 44.2 Å². The van der Waals surface area contributed by atoms with Crippen molar-refractivity contribution in [3.63, 3.8) is 0 Å². The fourth-order valence-electron chi connectivity index (χ4n) is 5.00. The number of nitrogens with one attached hydrogen (secondary N) is 1. The fraction of sp³-hybridized carbons (Fsp3) is 0.118. The molecule has 0 aliphatic heterocycles. The van der Waals surface area contributed by atoms with Crippen molar-refractivity contribution < 1.29 is 12.8 Å². The first-order valence-corrected chi connectivity index (χ1v) is 16.8. The molecule has 0 saturated heterocycles. The zero-order chi connectivity index (χ0) is 30.7. The largest absolute Gasteiger partial charge is 0.272 e. The normalized spacial score (nSPS) is 12.4. The van der Waals surface area contributed by atoms with E-state index in [9.17, 15) is 12.8 Å². The van der Waals surface area contributed by atoms with Crippen LogP contribution in [0, 0.1) is 12.7 Å². The van der Waals surface area contributed by atoms with E-state index in [1.165, 1.54) is 23.9 Å². The van der Waals surface area contributed by atoms with E-state index in [1.54, 1.807) is 36.4 Å². The third kappa shape index (κ3) is 6.71. The van der Waals surface area contributed by atoms with E-state index >= 15 is 0 Å². The zero-order valence-corrected chi connectivity index (χ0v) is 26.1. The molecule has 6 nitrogen and oxygen atoms in total. The summed E-state index contributed by atoms with van der Waals surface area (Å²) in [6, 6.07) is 33.4. The Labute approximate surface area is 265 Å². The van der Waals surface area contributed by atoms with Gasteiger partial charge in [0.1, 0.15) is 5.82 Å². The molecule has 0 radical (unpaired) electrons. The minimum absolute atomic E-state index is 0.158. The highest BCUT2D eigenvalue weighted by Gasteiger charge is 2.29. The highest BCUT2D eigenvalue weighted by Crippen LogP contribution is 2.32. The summed E-state index contributed by atoms with van der Waals surface area (Å²) in [6.45, 7) is 1.95. The van der Waals surface area contributed by atoms with Crippen LogP contribution in [0.25, 0.3) is 16.5 Å². The van der Waals surface area contributed by atoms with Gasteiger partial charge in [0.05, 0.1) is 16.6 Å². The van der Waals surface area contributed by atoms with Gasteiger partial charge in [0.15, 0.2) is 11.0 Å². The topological polar surface area (TPSA) is 76.9 Å². The number of aryl methyl sites for hydroxylation is 1. The number of hydrogen-bond acceptors (Lipinski definition) is 5. The van der Waals surface area contributed by atoms with Crippen LogP contribution in [0.2, 0.25) is 5.02 Å². The fourth-order valence-corrected chi connectivity index (χ4v) is 7.31. The lowest BCUT2D eigenvalue weighted by molar-refractivity contribution is 0.537. The molecule has 10 heteroatoms. The third-order valence-electron chi connectivity index (χ3n) is 7.27. The van der Waals surface area contributed by atoms with Crippen molar-refractivity contribution in [2.75, 3.05) is 0 Å². The van der Waals surface area contributed by atoms with Crippen LogP contribution in [0.1, 0.15) is 28.6 Å². The average Bonchev–Trinajstić information content (AvgIpc) is 3.45. The number of aromatic nitrogens is 3. The first kappa shape index (κ1) is 30.0. The van der Waals surface area contributed by atoms with E-state index in [-0.39, 0.29) is 10.7 Å². The van der Waals surface area contributed by atoms with Gasteiger partial charge in [-0.2, -0.15) is 0 Å². The van der Waals surface area contributed by atoms with Gasteiger partial charge in [0.2, 0.25) is 10.0 Å². The molecule has 0 fully saturated rings. The van der Waals surface area contributed by atoms with Gasteiger partial charge >= 0.3 is 0 Å². The Morgan fingerprint density at radius 2 is 1.57 bits per heavy atom. The number of rotatable bonds is 10. The molecule has 44 heavy (non-hydrogen) atoms. The minimum atomic E-state index is -3.99. The van der Waals surface area contributed by atoms with E-state index in [4.69, 9.17) is 11.6 Å². The van der Waals surface area contributed by atoms with Crippen LogP contribution in [0.5, 0.6) is 0 Å². The Morgan fingerprint density at radius 1 is 0.841 bits per heavy atom. The van der Waals surface area contributed by atoms with Crippen molar-refractivity contribution in [1.29, 1.82) is 0 Å². The van der Waals surface area contributed by atoms with Gasteiger partial charge in [-0.15, -0.1) is 10.2 Å². The Morgan fingerprint density at radius 3 is 2.34 bits per heavy atom. The van der Waals surface area contributed by atoms with Gasteiger partial charge in [0, 0.05) is 10.8 Å². The number of sulfonamides is 1. The van der Waals surface area contributed by atoms with Gasteiger partial charge in [0.25, 0.3) is 0 Å². The Hall–Kier alpha value is -4.02. The molecule has 6 aromatic rings. The lowest BCUT2D eigenvalue weighted by Crippen LogP contribution is -2.32. The molecule has 1 atom stereocenters. The van der Waals surface area contributed by atoms with Crippen LogP contribution < -0.4 is 4.72 Å². The molecule has 0 saturated carbocycles. The first-order valence-electron chi connectivity index (χ1n) is 13.9. The summed E-state index contributed by atoms with van der Waals surface area (Å²) in [5, 5.41) is 12.0. The number of thioether (sulfide) groups is 1. The van der Waals surface area contributed by atoms with Crippen molar-refractivity contribution in [3.8, 4) is 5.69 Å². The monoisotopic (exact) mass is 642 g/mol. The van der Waals surface area contributed by atoms with E-state index in [0.717, 1.165) is 33.2 Å². The lowest BCUT2D eigenvalue weighted by atomic mass is 10.1. The van der Waals surface area contributed by atoms with E-state index in [0.29, 0.717) is 28.2 Å². The second-order valence-corrected chi connectivity index (χ2v) is 13.5. The van der Waals surface area contributed by atoms with E-state index in [1.807, 2.05) is 78.2 Å². The van der Waals surface area contributed by atoms with Crippen molar-refractivity contribution in [2.45, 2.75) is 35.2 Å². The molecule has 0 aliphatic carbocycles. The smallest absolute Gasteiger partial charge is 0.241 e. The van der Waals surface area contributed by atoms with Crippen LogP contribution in [0.4, 0.5) is 4.39 Å². The number of benzene rings is 5. The number of nitrogens with zero attached hydrogens (tertiary/aromatic N) is 3. The summed E-state index contributed by atoms with van der Waals surface area (Å²) in [5.74, 6) is 0.621. The summed E-state index contributed by atoms with van der Waals surface area (Å²) < 4.78 is 46.2. The number of hydrogen-bond donors (Lipinski definition) is 1. The molecule has 1 aromatic heterocycles. The van der Waals surface area contributed by atoms with E-state index in [2.05, 4.69) is 14.9 Å². The molecule has 1 heterocycles. The molecule has 1 N–H and O–H groups in total. The van der Waals surface area contributed by atoms with Crippen LogP contribution in [0.15, 0.2) is 125 Å². The Balaban J connectivity index is 1.44. The number of fused-ring (bicyclic) bond motifs is 1. The summed E-state index contributed by atoms with van der Waals surface area (Å²) in [7, 11) is -3.99. The molecular weight excluding hydrogens is 615 g/mol. The summed E-state index contributed by atoms with van der Waals surface area (Å²) >= 11 is 7.88. The predicted molar refractivity (Wildman–Crippen MR) is 174 cm³/mol. The van der Waals surface area contributed by atoms with Crippen LogP contribution >= 0.6 is 23.4 Å². The summed E-state index contributed by atoms with van der Waals surface area (Å²) in [5.41, 5.74) is 3.49. The SMILES string of the molecule is Cc1ccc(Cl)cc1-n1c(SCc2ccc(F)cc2)nnc1C(Cc1ccccc1)NS(=O)(=O)c1ccc2ccccc2c1. The second kappa shape index (κ2) is 12.9. The number of halogens is 2. The average molecular weight is 643 g/mol. The molecule has 0 amide bonds. The van der Waals surface area contributed by atoms with Gasteiger partial charge in [-0.1, -0.05) is 102 Å². The van der Waals surface area contributed by atoms with Crippen molar-refractivity contribution in [3.05, 3.63) is 149 Å². The molecule has 6 rings (SSSR count). The van der Waals surface area contributed by atoms with Gasteiger partial charge in [-0.25, -0.2) is 17.5 Å². The molecule has 222 valence electrons. The van der Waals surface area contributed by atoms with Gasteiger partial charge in [-0.3, -0.25) is 4.57 Å². The summed E-state index contributed by atoms with van der Waals surface area (Å²) in [4.78, 5) is 0.158. The molecule has 0 bridgehead atoms. The molecular formula is C34H28ClFN4O2S2.